The van der Waals surface area contributed by atoms with E-state index in [4.69, 9.17) is 23.7 Å². The summed E-state index contributed by atoms with van der Waals surface area (Å²) in [4.78, 5) is 27.3. The van der Waals surface area contributed by atoms with Crippen molar-refractivity contribution in [1.29, 1.82) is 0 Å². The lowest BCUT2D eigenvalue weighted by molar-refractivity contribution is -0.306. The lowest BCUT2D eigenvalue weighted by Crippen LogP contribution is -2.60. The highest BCUT2D eigenvalue weighted by molar-refractivity contribution is 5.73. The Morgan fingerprint density at radius 3 is 2.20 bits per heavy atom. The van der Waals surface area contributed by atoms with Crippen LogP contribution in [-0.2, 0) is 33.3 Å². The van der Waals surface area contributed by atoms with Gasteiger partial charge in [-0.05, 0) is 79.7 Å². The highest BCUT2D eigenvalue weighted by atomic mass is 16.7. The van der Waals surface area contributed by atoms with Gasteiger partial charge in [0.25, 0.3) is 0 Å². The molecule has 3 aliphatic heterocycles. The van der Waals surface area contributed by atoms with E-state index in [2.05, 4.69) is 5.32 Å². The van der Waals surface area contributed by atoms with E-state index in [-0.39, 0.29) is 24.7 Å². The Morgan fingerprint density at radius 2 is 1.62 bits per heavy atom. The molecule has 6 N–H and O–H groups in total. The summed E-state index contributed by atoms with van der Waals surface area (Å²) in [5.74, 6) is -2.80. The molecule has 1 amide bonds. The molecule has 3 aliphatic rings. The summed E-state index contributed by atoms with van der Waals surface area (Å²) < 4.78 is 31.3. The van der Waals surface area contributed by atoms with Gasteiger partial charge in [-0.25, -0.2) is 0 Å². The molecular weight excluding hydrogens is 652 g/mol. The molecule has 3 saturated heterocycles. The van der Waals surface area contributed by atoms with Gasteiger partial charge in [0.1, 0.15) is 23.9 Å². The summed E-state index contributed by atoms with van der Waals surface area (Å²) in [6.45, 7) is 17.9. The van der Waals surface area contributed by atoms with Crippen molar-refractivity contribution >= 4 is 12.4 Å². The predicted octanol–water partition coefficient (Wildman–Crippen LogP) is 1.32. The Labute approximate surface area is 298 Å². The third-order valence-corrected chi connectivity index (χ3v) is 11.4. The van der Waals surface area contributed by atoms with Crippen LogP contribution >= 0.6 is 0 Å². The summed E-state index contributed by atoms with van der Waals surface area (Å²) in [5, 5.41) is 59.9. The Hall–Kier alpha value is -1.46. The van der Waals surface area contributed by atoms with Crippen LogP contribution in [0.2, 0.25) is 0 Å². The van der Waals surface area contributed by atoms with Gasteiger partial charge in [-0.3, -0.25) is 9.59 Å². The van der Waals surface area contributed by atoms with E-state index in [1.54, 1.807) is 48.5 Å². The van der Waals surface area contributed by atoms with Crippen molar-refractivity contribution in [3.8, 4) is 0 Å². The minimum absolute atomic E-state index is 0.167. The molecule has 14 nitrogen and oxygen atoms in total. The molecule has 3 fully saturated rings. The molecule has 0 saturated carbocycles. The first-order valence-electron chi connectivity index (χ1n) is 18.4. The van der Waals surface area contributed by atoms with Crippen LogP contribution < -0.4 is 5.32 Å². The Balaban J connectivity index is 2.14. The van der Waals surface area contributed by atoms with Crippen LogP contribution in [0.1, 0.15) is 94.9 Å². The first-order valence-corrected chi connectivity index (χ1v) is 18.4. The molecule has 3 unspecified atom stereocenters. The SMILES string of the molecule is CC[C@H]1OC(=O)[C@H](C)[C@@H](O[C@H]2C[C@@H](C)[C@@H](O)C(C)O2)[C@H](C)[C@@H](O[C@@H]2OC(C)C[C@H](NC=O)C2O)[C@](C)(O)C[C@@H](C)CN(C)[C@H](C)[C@@H](O)[C@]1(C)O. The lowest BCUT2D eigenvalue weighted by atomic mass is 9.77. The molecule has 18 atom stereocenters. The van der Waals surface area contributed by atoms with Crippen LogP contribution in [0.4, 0.5) is 0 Å². The zero-order valence-corrected chi connectivity index (χ0v) is 31.9. The van der Waals surface area contributed by atoms with E-state index >= 15 is 0 Å². The molecule has 0 bridgehead atoms. The maximum absolute atomic E-state index is 14.1. The molecule has 50 heavy (non-hydrogen) atoms. The van der Waals surface area contributed by atoms with Crippen molar-refractivity contribution in [1.82, 2.24) is 10.2 Å². The van der Waals surface area contributed by atoms with E-state index in [0.29, 0.717) is 25.8 Å². The van der Waals surface area contributed by atoms with Crippen molar-refractivity contribution < 1.29 is 58.8 Å². The number of amides is 1. The molecule has 0 aromatic rings. The van der Waals surface area contributed by atoms with E-state index in [1.807, 2.05) is 25.8 Å². The molecule has 0 aromatic carbocycles. The summed E-state index contributed by atoms with van der Waals surface area (Å²) in [6.07, 6.45) is -7.81. The minimum Gasteiger partial charge on any atom is -0.459 e. The zero-order valence-electron chi connectivity index (χ0n) is 31.9. The average molecular weight is 719 g/mol. The summed E-state index contributed by atoms with van der Waals surface area (Å²) in [6, 6.07) is -1.21. The van der Waals surface area contributed by atoms with Gasteiger partial charge in [0.15, 0.2) is 12.6 Å². The first-order chi connectivity index (χ1) is 23.2. The van der Waals surface area contributed by atoms with Crippen LogP contribution in [0, 0.1) is 23.7 Å². The molecule has 0 aliphatic carbocycles. The van der Waals surface area contributed by atoms with Gasteiger partial charge in [0.2, 0.25) is 6.41 Å². The average Bonchev–Trinajstić information content (AvgIpc) is 3.03. The lowest BCUT2D eigenvalue weighted by Gasteiger charge is -2.47. The molecule has 0 aromatic heterocycles. The van der Waals surface area contributed by atoms with Crippen LogP contribution in [0.25, 0.3) is 0 Å². The summed E-state index contributed by atoms with van der Waals surface area (Å²) in [5.41, 5.74) is -3.39. The second-order valence-electron chi connectivity index (χ2n) is 16.1. The fourth-order valence-electron chi connectivity index (χ4n) is 8.27. The van der Waals surface area contributed by atoms with Crippen LogP contribution in [-0.4, -0.2) is 141 Å². The largest absolute Gasteiger partial charge is 0.459 e. The molecule has 3 heterocycles. The first kappa shape index (κ1) is 42.9. The van der Waals surface area contributed by atoms with Gasteiger partial charge in [0, 0.05) is 24.9 Å². The van der Waals surface area contributed by atoms with Crippen LogP contribution in [0.5, 0.6) is 0 Å². The smallest absolute Gasteiger partial charge is 0.311 e. The van der Waals surface area contributed by atoms with Gasteiger partial charge in [0.05, 0.1) is 48.1 Å². The number of esters is 1. The number of cyclic esters (lactones) is 1. The molecule has 0 radical (unpaired) electrons. The fraction of sp³-hybridized carbons (Fsp3) is 0.944. The second kappa shape index (κ2) is 17.6. The summed E-state index contributed by atoms with van der Waals surface area (Å²) in [7, 11) is 1.82. The predicted molar refractivity (Wildman–Crippen MR) is 183 cm³/mol. The normalized spacial score (nSPS) is 49.3. The third-order valence-electron chi connectivity index (χ3n) is 11.4. The van der Waals surface area contributed by atoms with Gasteiger partial charge in [-0.15, -0.1) is 0 Å². The fourth-order valence-corrected chi connectivity index (χ4v) is 8.27. The molecule has 3 rings (SSSR count). The van der Waals surface area contributed by atoms with Crippen molar-refractivity contribution in [2.45, 2.75) is 180 Å². The Bertz CT molecular complexity index is 1080. The third kappa shape index (κ3) is 9.94. The molecular formula is C36H66N2O12. The van der Waals surface area contributed by atoms with E-state index < -0.39 is 103 Å². The van der Waals surface area contributed by atoms with Crippen LogP contribution in [0.3, 0.4) is 0 Å². The number of nitrogens with one attached hydrogen (secondary N) is 1. The molecule has 292 valence electrons. The number of nitrogens with zero attached hydrogens (tertiary/aromatic N) is 1. The van der Waals surface area contributed by atoms with Gasteiger partial charge >= 0.3 is 5.97 Å². The standard InChI is InChI=1S/C36H66N2O12/c1-12-26-36(10,45)31(42)23(7)38(11)16-18(2)15-35(9,44)32(50-34-29(41)25(37-17-39)14-20(4)46-34)21(5)30(22(6)33(43)48-26)49-27-13-19(3)28(40)24(8)47-27/h17-32,34,40-42,44-45H,12-16H2,1-11H3,(H,37,39)/t18-,19-,20?,21+,22-,23-,24?,25+,26-,27+,28-,29?,30+,31-,32-,34+,35-,36-/m1/s1. The van der Waals surface area contributed by atoms with Gasteiger partial charge in [-0.2, -0.15) is 0 Å². The van der Waals surface area contributed by atoms with E-state index in [9.17, 15) is 35.1 Å². The van der Waals surface area contributed by atoms with Crippen molar-refractivity contribution in [2.24, 2.45) is 23.7 Å². The van der Waals surface area contributed by atoms with Gasteiger partial charge in [-0.1, -0.05) is 27.7 Å². The number of aliphatic hydroxyl groups is 5. The highest BCUT2D eigenvalue weighted by Gasteiger charge is 2.51. The minimum atomic E-state index is -1.80. The zero-order chi connectivity index (χ0) is 37.9. The second-order valence-corrected chi connectivity index (χ2v) is 16.1. The molecule has 0 spiro atoms. The van der Waals surface area contributed by atoms with Crippen molar-refractivity contribution in [3.63, 3.8) is 0 Å². The van der Waals surface area contributed by atoms with E-state index in [1.165, 1.54) is 6.92 Å². The number of hydrogen-bond donors (Lipinski definition) is 6. The van der Waals surface area contributed by atoms with Crippen molar-refractivity contribution in [2.75, 3.05) is 13.6 Å². The highest BCUT2D eigenvalue weighted by Crippen LogP contribution is 2.39. The quantitative estimate of drug-likeness (QED) is 0.163. The maximum atomic E-state index is 14.1. The number of carbonyl (C=O) groups is 2. The van der Waals surface area contributed by atoms with Crippen LogP contribution in [0.15, 0.2) is 0 Å². The van der Waals surface area contributed by atoms with Crippen molar-refractivity contribution in [3.05, 3.63) is 0 Å². The number of rotatable bonds is 7. The molecule has 14 heteroatoms. The number of hydrogen-bond acceptors (Lipinski definition) is 13. The Morgan fingerprint density at radius 1 is 0.980 bits per heavy atom. The maximum Gasteiger partial charge on any atom is 0.311 e. The number of ether oxygens (including phenoxy) is 5. The number of carbonyl (C=O) groups excluding carboxylic acids is 2. The van der Waals surface area contributed by atoms with Gasteiger partial charge < -0.3 is 59.4 Å². The Kier molecular flexibility index (Phi) is 15.1. The topological polar surface area (TPSA) is 197 Å². The van der Waals surface area contributed by atoms with E-state index in [0.717, 1.165) is 0 Å². The number of likely N-dealkylation sites (N-methyl/N-ethyl adjacent to an activating group) is 1. The summed E-state index contributed by atoms with van der Waals surface area (Å²) >= 11 is 0. The number of aliphatic hydroxyl groups excluding tert-OH is 3. The monoisotopic (exact) mass is 718 g/mol.